The van der Waals surface area contributed by atoms with Gasteiger partial charge < -0.3 is 25.2 Å². The van der Waals surface area contributed by atoms with Gasteiger partial charge in [0.2, 0.25) is 0 Å². The molecule has 0 fully saturated rings. The first-order chi connectivity index (χ1) is 10.6. The number of carbonyl (C=O) groups excluding carboxylic acids is 1. The van der Waals surface area contributed by atoms with Crippen LogP contribution in [0, 0.1) is 5.92 Å². The second-order valence-electron chi connectivity index (χ2n) is 5.14. The molecule has 0 spiro atoms. The third kappa shape index (κ3) is 6.32. The highest BCUT2D eigenvalue weighted by Crippen LogP contribution is 2.17. The van der Waals surface area contributed by atoms with Gasteiger partial charge in [0.25, 0.3) is 0 Å². The fraction of sp³-hybridized carbons (Fsp3) is 0.562. The van der Waals surface area contributed by atoms with Crippen LogP contribution in [-0.4, -0.2) is 44.1 Å². The first-order valence-electron chi connectivity index (χ1n) is 7.50. The van der Waals surface area contributed by atoms with Gasteiger partial charge in [-0.05, 0) is 18.1 Å². The molecule has 6 nitrogen and oxygen atoms in total. The monoisotopic (exact) mass is 310 g/mol. The van der Waals surface area contributed by atoms with Crippen molar-refractivity contribution in [3.63, 3.8) is 0 Å². The number of ether oxygens (including phenoxy) is 2. The molecule has 0 bridgehead atoms. The van der Waals surface area contributed by atoms with E-state index in [4.69, 9.17) is 9.47 Å². The van der Waals surface area contributed by atoms with Crippen molar-refractivity contribution in [2.45, 2.75) is 26.3 Å². The first kappa shape index (κ1) is 18.3. The van der Waals surface area contributed by atoms with E-state index in [0.717, 1.165) is 6.42 Å². The summed E-state index contributed by atoms with van der Waals surface area (Å²) in [5, 5.41) is 14.9. The second-order valence-corrected chi connectivity index (χ2v) is 5.14. The molecule has 0 radical (unpaired) electrons. The summed E-state index contributed by atoms with van der Waals surface area (Å²) >= 11 is 0. The summed E-state index contributed by atoms with van der Waals surface area (Å²) < 4.78 is 10.4. The van der Waals surface area contributed by atoms with E-state index >= 15 is 0 Å². The molecule has 0 heterocycles. The Balaban J connectivity index is 2.54. The summed E-state index contributed by atoms with van der Waals surface area (Å²) in [6.45, 7) is 4.89. The van der Waals surface area contributed by atoms with Crippen LogP contribution < -0.4 is 15.4 Å². The number of urea groups is 1. The van der Waals surface area contributed by atoms with Crippen LogP contribution in [0.4, 0.5) is 10.5 Å². The van der Waals surface area contributed by atoms with E-state index < -0.39 is 0 Å². The third-order valence-electron chi connectivity index (χ3n) is 3.49. The lowest BCUT2D eigenvalue weighted by Gasteiger charge is -2.22. The van der Waals surface area contributed by atoms with Gasteiger partial charge >= 0.3 is 6.03 Å². The van der Waals surface area contributed by atoms with Gasteiger partial charge in [0.15, 0.2) is 0 Å². The van der Waals surface area contributed by atoms with Crippen molar-refractivity contribution in [2.24, 2.45) is 5.92 Å². The molecule has 22 heavy (non-hydrogen) atoms. The lowest BCUT2D eigenvalue weighted by molar-refractivity contribution is 0.146. The van der Waals surface area contributed by atoms with Gasteiger partial charge in [0, 0.05) is 18.9 Å². The van der Waals surface area contributed by atoms with Gasteiger partial charge in [-0.1, -0.05) is 26.3 Å². The largest absolute Gasteiger partial charge is 0.491 e. The Morgan fingerprint density at radius 1 is 1.36 bits per heavy atom. The van der Waals surface area contributed by atoms with Crippen molar-refractivity contribution < 1.29 is 19.4 Å². The molecule has 0 aliphatic carbocycles. The Kier molecular flexibility index (Phi) is 8.32. The van der Waals surface area contributed by atoms with Crippen LogP contribution >= 0.6 is 0 Å². The number of nitrogens with one attached hydrogen (secondary N) is 2. The van der Waals surface area contributed by atoms with Gasteiger partial charge in [-0.25, -0.2) is 4.79 Å². The molecule has 124 valence electrons. The highest BCUT2D eigenvalue weighted by Gasteiger charge is 2.17. The molecule has 0 saturated heterocycles. The van der Waals surface area contributed by atoms with E-state index in [0.29, 0.717) is 24.7 Å². The third-order valence-corrected chi connectivity index (χ3v) is 3.49. The zero-order chi connectivity index (χ0) is 16.4. The van der Waals surface area contributed by atoms with Crippen LogP contribution in [0.1, 0.15) is 20.3 Å². The number of anilines is 1. The topological polar surface area (TPSA) is 79.8 Å². The number of rotatable bonds is 9. The standard InChI is InChI=1S/C16H26N2O4/c1-4-12(2)15(11-19)18-16(20)17-13-6-5-7-14(10-13)22-9-8-21-3/h5-7,10,12,15,19H,4,8-9,11H2,1-3H3,(H2,17,18,20). The van der Waals surface area contributed by atoms with Crippen molar-refractivity contribution in [2.75, 3.05) is 32.2 Å². The van der Waals surface area contributed by atoms with Crippen LogP contribution in [0.2, 0.25) is 0 Å². The fourth-order valence-electron chi connectivity index (χ4n) is 1.89. The van der Waals surface area contributed by atoms with Crippen molar-refractivity contribution >= 4 is 11.7 Å². The first-order valence-corrected chi connectivity index (χ1v) is 7.50. The van der Waals surface area contributed by atoms with Crippen LogP contribution in [0.5, 0.6) is 5.75 Å². The summed E-state index contributed by atoms with van der Waals surface area (Å²) in [5.41, 5.74) is 0.633. The van der Waals surface area contributed by atoms with E-state index in [1.807, 2.05) is 19.9 Å². The van der Waals surface area contributed by atoms with Crippen LogP contribution in [0.15, 0.2) is 24.3 Å². The van der Waals surface area contributed by atoms with Crippen LogP contribution in [0.3, 0.4) is 0 Å². The van der Waals surface area contributed by atoms with Gasteiger partial charge in [0.05, 0.1) is 19.3 Å². The summed E-state index contributed by atoms with van der Waals surface area (Å²) in [6.07, 6.45) is 0.883. The maximum Gasteiger partial charge on any atom is 0.319 e. The molecule has 2 atom stereocenters. The summed E-state index contributed by atoms with van der Waals surface area (Å²) in [6, 6.07) is 6.54. The van der Waals surface area contributed by atoms with E-state index in [-0.39, 0.29) is 24.6 Å². The lowest BCUT2D eigenvalue weighted by atomic mass is 10.0. The minimum atomic E-state index is -0.339. The van der Waals surface area contributed by atoms with Crippen molar-refractivity contribution in [3.8, 4) is 5.75 Å². The Labute approximate surface area is 131 Å². The number of methoxy groups -OCH3 is 1. The number of amides is 2. The van der Waals surface area contributed by atoms with Crippen molar-refractivity contribution in [1.82, 2.24) is 5.32 Å². The quantitative estimate of drug-likeness (QED) is 0.611. The summed E-state index contributed by atoms with van der Waals surface area (Å²) in [4.78, 5) is 12.0. The SMILES string of the molecule is CCC(C)C(CO)NC(=O)Nc1cccc(OCCOC)c1. The van der Waals surface area contributed by atoms with E-state index in [9.17, 15) is 9.90 Å². The lowest BCUT2D eigenvalue weighted by Crippen LogP contribution is -2.43. The van der Waals surface area contributed by atoms with E-state index in [1.165, 1.54) is 0 Å². The molecular formula is C16H26N2O4. The predicted molar refractivity (Wildman–Crippen MR) is 86.3 cm³/mol. The number of aliphatic hydroxyl groups is 1. The van der Waals surface area contributed by atoms with Gasteiger partial charge in [-0.3, -0.25) is 0 Å². The number of hydrogen-bond donors (Lipinski definition) is 3. The van der Waals surface area contributed by atoms with E-state index in [2.05, 4.69) is 10.6 Å². The number of carbonyl (C=O) groups is 1. The Hall–Kier alpha value is -1.79. The Morgan fingerprint density at radius 2 is 2.14 bits per heavy atom. The molecule has 0 aliphatic heterocycles. The molecule has 0 saturated carbocycles. The minimum absolute atomic E-state index is 0.0808. The van der Waals surface area contributed by atoms with Crippen LogP contribution in [0.25, 0.3) is 0 Å². The normalized spacial score (nSPS) is 13.3. The Bertz CT molecular complexity index is 454. The van der Waals surface area contributed by atoms with Gasteiger partial charge in [0.1, 0.15) is 12.4 Å². The van der Waals surface area contributed by atoms with Crippen molar-refractivity contribution in [3.05, 3.63) is 24.3 Å². The molecule has 0 aromatic heterocycles. The van der Waals surface area contributed by atoms with Crippen LogP contribution in [-0.2, 0) is 4.74 Å². The predicted octanol–water partition coefficient (Wildman–Crippen LogP) is 2.24. The van der Waals surface area contributed by atoms with Gasteiger partial charge in [-0.2, -0.15) is 0 Å². The Morgan fingerprint density at radius 3 is 2.77 bits per heavy atom. The van der Waals surface area contributed by atoms with Crippen molar-refractivity contribution in [1.29, 1.82) is 0 Å². The molecule has 3 N–H and O–H groups in total. The number of hydrogen-bond acceptors (Lipinski definition) is 4. The molecule has 6 heteroatoms. The average molecular weight is 310 g/mol. The summed E-state index contributed by atoms with van der Waals surface area (Å²) in [5.74, 6) is 0.870. The highest BCUT2D eigenvalue weighted by atomic mass is 16.5. The highest BCUT2D eigenvalue weighted by molar-refractivity contribution is 5.89. The fourth-order valence-corrected chi connectivity index (χ4v) is 1.89. The maximum absolute atomic E-state index is 12.0. The zero-order valence-corrected chi connectivity index (χ0v) is 13.5. The maximum atomic E-state index is 12.0. The molecule has 2 unspecified atom stereocenters. The molecule has 1 aromatic rings. The minimum Gasteiger partial charge on any atom is -0.491 e. The molecule has 1 aromatic carbocycles. The zero-order valence-electron chi connectivity index (χ0n) is 13.5. The number of benzene rings is 1. The molecular weight excluding hydrogens is 284 g/mol. The molecule has 2 amide bonds. The van der Waals surface area contributed by atoms with E-state index in [1.54, 1.807) is 25.3 Å². The number of aliphatic hydroxyl groups excluding tert-OH is 1. The summed E-state index contributed by atoms with van der Waals surface area (Å²) in [7, 11) is 1.61. The average Bonchev–Trinajstić information content (AvgIpc) is 2.52. The molecule has 1 rings (SSSR count). The molecule has 0 aliphatic rings. The smallest absolute Gasteiger partial charge is 0.319 e. The van der Waals surface area contributed by atoms with Gasteiger partial charge in [-0.15, -0.1) is 0 Å². The second kappa shape index (κ2) is 10.0.